The Kier molecular flexibility index (Phi) is 4.03. The van der Waals surface area contributed by atoms with E-state index in [9.17, 15) is 19.5 Å². The predicted molar refractivity (Wildman–Crippen MR) is 92.8 cm³/mol. The van der Waals surface area contributed by atoms with E-state index in [1.807, 2.05) is 22.6 Å². The molecule has 0 unspecified atom stereocenters. The first-order chi connectivity index (χ1) is 10.9. The highest BCUT2D eigenvalue weighted by Crippen LogP contribution is 2.25. The second kappa shape index (κ2) is 5.99. The molecule has 1 aliphatic rings. The predicted octanol–water partition coefficient (Wildman–Crippen LogP) is 2.74. The van der Waals surface area contributed by atoms with E-state index in [0.29, 0.717) is 11.3 Å². The quantitative estimate of drug-likeness (QED) is 0.663. The Morgan fingerprint density at radius 3 is 2.70 bits per heavy atom. The molecule has 0 aliphatic carbocycles. The molecule has 7 heteroatoms. The van der Waals surface area contributed by atoms with Gasteiger partial charge < -0.3 is 15.7 Å². The monoisotopic (exact) mass is 422 g/mol. The van der Waals surface area contributed by atoms with Crippen molar-refractivity contribution in [2.24, 2.45) is 0 Å². The number of halogens is 1. The molecular weight excluding hydrogens is 411 g/mol. The summed E-state index contributed by atoms with van der Waals surface area (Å²) >= 11 is 2.01. The van der Waals surface area contributed by atoms with Crippen LogP contribution >= 0.6 is 22.6 Å². The lowest BCUT2D eigenvalue weighted by molar-refractivity contribution is -0.115. The van der Waals surface area contributed by atoms with Crippen molar-refractivity contribution in [1.82, 2.24) is 0 Å². The average molecular weight is 422 g/mol. The standard InChI is InChI=1S/C16H11IN2O4/c17-10-2-4-13(11(7-10)16(22)23)19-15(21)8-1-3-12-9(5-8)6-14(20)18-12/h1-5,7H,6H2,(H,18,20)(H,19,21)(H,22,23). The molecule has 0 bridgehead atoms. The number of amides is 2. The number of carboxylic acids is 1. The molecule has 2 aromatic carbocycles. The molecule has 116 valence electrons. The number of nitrogens with one attached hydrogen (secondary N) is 2. The van der Waals surface area contributed by atoms with Gasteiger partial charge in [-0.2, -0.15) is 0 Å². The second-order valence-corrected chi connectivity index (χ2v) is 6.29. The maximum Gasteiger partial charge on any atom is 0.337 e. The molecule has 2 aromatic rings. The number of carbonyl (C=O) groups is 3. The summed E-state index contributed by atoms with van der Waals surface area (Å²) in [5.41, 5.74) is 2.09. The van der Waals surface area contributed by atoms with Crippen molar-refractivity contribution in [3.63, 3.8) is 0 Å². The summed E-state index contributed by atoms with van der Waals surface area (Å²) in [4.78, 5) is 35.0. The van der Waals surface area contributed by atoms with Crippen LogP contribution in [0.5, 0.6) is 0 Å². The Morgan fingerprint density at radius 1 is 1.17 bits per heavy atom. The van der Waals surface area contributed by atoms with Gasteiger partial charge >= 0.3 is 5.97 Å². The Hall–Kier alpha value is -2.42. The number of hydrogen-bond donors (Lipinski definition) is 3. The first-order valence-corrected chi connectivity index (χ1v) is 7.79. The molecule has 0 atom stereocenters. The van der Waals surface area contributed by atoms with E-state index in [2.05, 4.69) is 10.6 Å². The topological polar surface area (TPSA) is 95.5 Å². The van der Waals surface area contributed by atoms with Crippen LogP contribution in [-0.2, 0) is 11.2 Å². The van der Waals surface area contributed by atoms with Crippen LogP contribution in [0, 0.1) is 3.57 Å². The van der Waals surface area contributed by atoms with Crippen molar-refractivity contribution in [2.45, 2.75) is 6.42 Å². The van der Waals surface area contributed by atoms with Crippen LogP contribution in [-0.4, -0.2) is 22.9 Å². The molecule has 0 radical (unpaired) electrons. The SMILES string of the molecule is O=C1Cc2cc(C(=O)Nc3ccc(I)cc3C(=O)O)ccc2N1. The van der Waals surface area contributed by atoms with Crippen molar-refractivity contribution >= 4 is 51.7 Å². The van der Waals surface area contributed by atoms with Crippen LogP contribution in [0.25, 0.3) is 0 Å². The first kappa shape index (κ1) is 15.5. The Labute approximate surface area is 145 Å². The van der Waals surface area contributed by atoms with Gasteiger partial charge in [0.15, 0.2) is 0 Å². The Balaban J connectivity index is 1.87. The highest BCUT2D eigenvalue weighted by molar-refractivity contribution is 14.1. The summed E-state index contributed by atoms with van der Waals surface area (Å²) in [5, 5.41) is 14.5. The van der Waals surface area contributed by atoms with Gasteiger partial charge in [0, 0.05) is 14.8 Å². The Bertz CT molecular complexity index is 848. The minimum absolute atomic E-state index is 0.0308. The van der Waals surface area contributed by atoms with Gasteiger partial charge in [-0.05, 0) is 64.6 Å². The molecule has 3 N–H and O–H groups in total. The fraction of sp³-hybridized carbons (Fsp3) is 0.0625. The molecule has 1 heterocycles. The van der Waals surface area contributed by atoms with Gasteiger partial charge in [-0.1, -0.05) is 0 Å². The zero-order chi connectivity index (χ0) is 16.6. The third-order valence-corrected chi connectivity index (χ3v) is 4.12. The van der Waals surface area contributed by atoms with Crippen molar-refractivity contribution in [2.75, 3.05) is 10.6 Å². The lowest BCUT2D eigenvalue weighted by atomic mass is 10.1. The molecule has 6 nitrogen and oxygen atoms in total. The van der Waals surface area contributed by atoms with Gasteiger partial charge in [0.1, 0.15) is 0 Å². The van der Waals surface area contributed by atoms with Crippen LogP contribution in [0.2, 0.25) is 0 Å². The summed E-state index contributed by atoms with van der Waals surface area (Å²) in [6.45, 7) is 0. The maximum atomic E-state index is 12.3. The van der Waals surface area contributed by atoms with E-state index in [1.165, 1.54) is 6.07 Å². The lowest BCUT2D eigenvalue weighted by Gasteiger charge is -2.10. The number of fused-ring (bicyclic) bond motifs is 1. The number of carboxylic acid groups (broad SMARTS) is 1. The van der Waals surface area contributed by atoms with Crippen LogP contribution in [0.4, 0.5) is 11.4 Å². The van der Waals surface area contributed by atoms with Gasteiger partial charge in [0.05, 0.1) is 17.7 Å². The molecule has 3 rings (SSSR count). The van der Waals surface area contributed by atoms with Gasteiger partial charge in [-0.15, -0.1) is 0 Å². The van der Waals surface area contributed by atoms with Gasteiger partial charge in [0.25, 0.3) is 5.91 Å². The van der Waals surface area contributed by atoms with Gasteiger partial charge in [0.2, 0.25) is 5.91 Å². The van der Waals surface area contributed by atoms with E-state index in [4.69, 9.17) is 0 Å². The zero-order valence-corrected chi connectivity index (χ0v) is 13.9. The summed E-state index contributed by atoms with van der Waals surface area (Å²) < 4.78 is 0.764. The summed E-state index contributed by atoms with van der Waals surface area (Å²) in [5.74, 6) is -1.64. The Morgan fingerprint density at radius 2 is 1.96 bits per heavy atom. The van der Waals surface area contributed by atoms with Crippen molar-refractivity contribution < 1.29 is 19.5 Å². The fourth-order valence-electron chi connectivity index (χ4n) is 2.37. The van der Waals surface area contributed by atoms with Crippen LogP contribution < -0.4 is 10.6 Å². The first-order valence-electron chi connectivity index (χ1n) is 6.71. The molecule has 0 fully saturated rings. The van der Waals surface area contributed by atoms with E-state index in [1.54, 1.807) is 30.3 Å². The van der Waals surface area contributed by atoms with E-state index >= 15 is 0 Å². The lowest BCUT2D eigenvalue weighted by Crippen LogP contribution is -2.15. The van der Waals surface area contributed by atoms with Crippen LogP contribution in [0.3, 0.4) is 0 Å². The van der Waals surface area contributed by atoms with Crippen molar-refractivity contribution in [3.8, 4) is 0 Å². The van der Waals surface area contributed by atoms with E-state index < -0.39 is 11.9 Å². The highest BCUT2D eigenvalue weighted by Gasteiger charge is 2.20. The smallest absolute Gasteiger partial charge is 0.337 e. The summed E-state index contributed by atoms with van der Waals surface area (Å²) in [6.07, 6.45) is 0.236. The number of aromatic carboxylic acids is 1. The second-order valence-electron chi connectivity index (χ2n) is 5.05. The molecule has 0 saturated heterocycles. The number of anilines is 2. The number of carbonyl (C=O) groups excluding carboxylic acids is 2. The third-order valence-electron chi connectivity index (χ3n) is 3.45. The van der Waals surface area contributed by atoms with Crippen molar-refractivity contribution in [1.29, 1.82) is 0 Å². The number of benzene rings is 2. The molecule has 2 amide bonds. The van der Waals surface area contributed by atoms with Crippen molar-refractivity contribution in [3.05, 3.63) is 56.7 Å². The number of rotatable bonds is 3. The molecule has 0 spiro atoms. The zero-order valence-electron chi connectivity index (χ0n) is 11.7. The fourth-order valence-corrected chi connectivity index (χ4v) is 2.86. The van der Waals surface area contributed by atoms with Crippen LogP contribution in [0.15, 0.2) is 36.4 Å². The minimum Gasteiger partial charge on any atom is -0.478 e. The molecule has 0 saturated carbocycles. The molecule has 0 aromatic heterocycles. The average Bonchev–Trinajstić information content (AvgIpc) is 2.87. The maximum absolute atomic E-state index is 12.3. The summed E-state index contributed by atoms with van der Waals surface area (Å²) in [6, 6.07) is 9.66. The molecular formula is C16H11IN2O4. The molecule has 1 aliphatic heterocycles. The largest absolute Gasteiger partial charge is 0.478 e. The normalized spacial score (nSPS) is 12.5. The number of hydrogen-bond acceptors (Lipinski definition) is 3. The van der Waals surface area contributed by atoms with E-state index in [0.717, 1.165) is 9.13 Å². The molecule has 23 heavy (non-hydrogen) atoms. The van der Waals surface area contributed by atoms with Gasteiger partial charge in [-0.25, -0.2) is 4.79 Å². The third kappa shape index (κ3) is 3.19. The van der Waals surface area contributed by atoms with Gasteiger partial charge in [-0.3, -0.25) is 9.59 Å². The van der Waals surface area contributed by atoms with E-state index in [-0.39, 0.29) is 23.6 Å². The highest BCUT2D eigenvalue weighted by atomic mass is 127. The summed E-state index contributed by atoms with van der Waals surface area (Å²) in [7, 11) is 0. The van der Waals surface area contributed by atoms with Crippen LogP contribution in [0.1, 0.15) is 26.3 Å². The minimum atomic E-state index is -1.11.